The zero-order chi connectivity index (χ0) is 23.8. The van der Waals surface area contributed by atoms with Crippen molar-refractivity contribution in [1.82, 2.24) is 4.90 Å². The van der Waals surface area contributed by atoms with E-state index in [2.05, 4.69) is 10.2 Å². The van der Waals surface area contributed by atoms with Crippen LogP contribution in [0.3, 0.4) is 0 Å². The molecule has 4 rings (SSSR count). The predicted molar refractivity (Wildman–Crippen MR) is 134 cm³/mol. The van der Waals surface area contributed by atoms with Crippen LogP contribution in [-0.4, -0.2) is 36.3 Å². The predicted octanol–water partition coefficient (Wildman–Crippen LogP) is 4.26. The molecule has 34 heavy (non-hydrogen) atoms. The Labute approximate surface area is 200 Å². The summed E-state index contributed by atoms with van der Waals surface area (Å²) in [6, 6.07) is 25.1. The highest BCUT2D eigenvalue weighted by Crippen LogP contribution is 2.19. The Kier molecular flexibility index (Phi) is 7.94. The Bertz CT molecular complexity index is 1090. The second-order valence-electron chi connectivity index (χ2n) is 8.72. The Hall–Kier alpha value is -3.64. The van der Waals surface area contributed by atoms with E-state index in [-0.39, 0.29) is 17.7 Å². The summed E-state index contributed by atoms with van der Waals surface area (Å²) in [5.74, 6) is 0.334. The third-order valence-corrected chi connectivity index (χ3v) is 6.26. The molecule has 0 unspecified atom stereocenters. The third-order valence-electron chi connectivity index (χ3n) is 6.26. The van der Waals surface area contributed by atoms with E-state index in [9.17, 15) is 9.59 Å². The molecule has 1 saturated heterocycles. The number of hydrogen-bond acceptors (Lipinski definition) is 4. The SMILES string of the molecule is NC(=O)C1CCN(CCc2ccc(NC(=O)c3cccc(OCc4ccccc4)c3)cc2)CC1. The van der Waals surface area contributed by atoms with Crippen LogP contribution in [0.2, 0.25) is 0 Å². The largest absolute Gasteiger partial charge is 0.489 e. The van der Waals surface area contributed by atoms with Gasteiger partial charge in [0.15, 0.2) is 0 Å². The molecule has 3 N–H and O–H groups in total. The molecule has 176 valence electrons. The lowest BCUT2D eigenvalue weighted by atomic mass is 9.96. The molecule has 0 aliphatic carbocycles. The van der Waals surface area contributed by atoms with E-state index in [0.29, 0.717) is 17.9 Å². The molecule has 0 bridgehead atoms. The fraction of sp³-hybridized carbons (Fsp3) is 0.286. The van der Waals surface area contributed by atoms with Crippen LogP contribution in [0.25, 0.3) is 0 Å². The number of nitrogens with two attached hydrogens (primary N) is 1. The van der Waals surface area contributed by atoms with Crippen LogP contribution in [0.1, 0.15) is 34.3 Å². The van der Waals surface area contributed by atoms with E-state index in [1.807, 2.05) is 66.7 Å². The number of rotatable bonds is 9. The Balaban J connectivity index is 1.25. The highest BCUT2D eigenvalue weighted by atomic mass is 16.5. The fourth-order valence-corrected chi connectivity index (χ4v) is 4.15. The van der Waals surface area contributed by atoms with Crippen molar-refractivity contribution in [3.05, 3.63) is 95.6 Å². The summed E-state index contributed by atoms with van der Waals surface area (Å²) in [7, 11) is 0. The zero-order valence-electron chi connectivity index (χ0n) is 19.3. The first-order valence-corrected chi connectivity index (χ1v) is 11.8. The summed E-state index contributed by atoms with van der Waals surface area (Å²) in [6.45, 7) is 3.23. The molecular formula is C28H31N3O3. The number of ether oxygens (including phenoxy) is 1. The highest BCUT2D eigenvalue weighted by molar-refractivity contribution is 6.04. The van der Waals surface area contributed by atoms with E-state index in [1.54, 1.807) is 12.1 Å². The van der Waals surface area contributed by atoms with Crippen molar-refractivity contribution in [2.45, 2.75) is 25.9 Å². The molecule has 1 aliphatic rings. The number of nitrogens with zero attached hydrogens (tertiary/aromatic N) is 1. The van der Waals surface area contributed by atoms with Crippen molar-refractivity contribution in [3.63, 3.8) is 0 Å². The maximum Gasteiger partial charge on any atom is 0.255 e. The highest BCUT2D eigenvalue weighted by Gasteiger charge is 2.22. The number of amides is 2. The molecule has 3 aromatic rings. The molecule has 0 spiro atoms. The minimum absolute atomic E-state index is 0.0234. The van der Waals surface area contributed by atoms with Gasteiger partial charge in [-0.2, -0.15) is 0 Å². The molecular weight excluding hydrogens is 426 g/mol. The lowest BCUT2D eigenvalue weighted by molar-refractivity contribution is -0.123. The monoisotopic (exact) mass is 457 g/mol. The van der Waals surface area contributed by atoms with Gasteiger partial charge in [0.25, 0.3) is 5.91 Å². The van der Waals surface area contributed by atoms with Crippen LogP contribution >= 0.6 is 0 Å². The number of likely N-dealkylation sites (tertiary alicyclic amines) is 1. The number of nitrogens with one attached hydrogen (secondary N) is 1. The van der Waals surface area contributed by atoms with E-state index in [4.69, 9.17) is 10.5 Å². The number of anilines is 1. The van der Waals surface area contributed by atoms with Crippen molar-refractivity contribution < 1.29 is 14.3 Å². The van der Waals surface area contributed by atoms with Gasteiger partial charge in [-0.15, -0.1) is 0 Å². The van der Waals surface area contributed by atoms with Crippen LogP contribution in [0.15, 0.2) is 78.9 Å². The van der Waals surface area contributed by atoms with Gasteiger partial charge in [0, 0.05) is 23.7 Å². The fourth-order valence-electron chi connectivity index (χ4n) is 4.15. The van der Waals surface area contributed by atoms with Gasteiger partial charge in [-0.3, -0.25) is 9.59 Å². The Morgan fingerprint density at radius 1 is 0.912 bits per heavy atom. The zero-order valence-corrected chi connectivity index (χ0v) is 19.3. The van der Waals surface area contributed by atoms with E-state index in [0.717, 1.165) is 50.1 Å². The molecule has 0 radical (unpaired) electrons. The quantitative estimate of drug-likeness (QED) is 0.503. The maximum absolute atomic E-state index is 12.7. The molecule has 0 saturated carbocycles. The van der Waals surface area contributed by atoms with Crippen LogP contribution in [0.5, 0.6) is 5.75 Å². The molecule has 3 aromatic carbocycles. The molecule has 6 heteroatoms. The molecule has 0 atom stereocenters. The summed E-state index contributed by atoms with van der Waals surface area (Å²) in [5.41, 5.74) is 9.01. The maximum atomic E-state index is 12.7. The van der Waals surface area contributed by atoms with Crippen molar-refractivity contribution in [3.8, 4) is 5.75 Å². The summed E-state index contributed by atoms with van der Waals surface area (Å²) in [6.07, 6.45) is 2.62. The molecule has 0 aromatic heterocycles. The number of carbonyl (C=O) groups is 2. The Morgan fingerprint density at radius 3 is 2.35 bits per heavy atom. The molecule has 1 fully saturated rings. The summed E-state index contributed by atoms with van der Waals surface area (Å²) < 4.78 is 5.84. The lowest BCUT2D eigenvalue weighted by Crippen LogP contribution is -2.39. The van der Waals surface area contributed by atoms with E-state index >= 15 is 0 Å². The first-order chi connectivity index (χ1) is 16.6. The Morgan fingerprint density at radius 2 is 1.65 bits per heavy atom. The second-order valence-corrected chi connectivity index (χ2v) is 8.72. The van der Waals surface area contributed by atoms with Gasteiger partial charge in [0.2, 0.25) is 5.91 Å². The number of carbonyl (C=O) groups excluding carboxylic acids is 2. The normalized spacial score (nSPS) is 14.5. The smallest absolute Gasteiger partial charge is 0.255 e. The topological polar surface area (TPSA) is 84.7 Å². The second kappa shape index (κ2) is 11.5. The first-order valence-electron chi connectivity index (χ1n) is 11.8. The van der Waals surface area contributed by atoms with Crippen LogP contribution < -0.4 is 15.8 Å². The van der Waals surface area contributed by atoms with Crippen molar-refractivity contribution in [2.75, 3.05) is 25.0 Å². The summed E-state index contributed by atoms with van der Waals surface area (Å²) >= 11 is 0. The van der Waals surface area contributed by atoms with Gasteiger partial charge < -0.3 is 20.7 Å². The van der Waals surface area contributed by atoms with Gasteiger partial charge in [0.05, 0.1) is 0 Å². The number of piperidine rings is 1. The molecule has 1 heterocycles. The summed E-state index contributed by atoms with van der Waals surface area (Å²) in [5, 5.41) is 2.96. The van der Waals surface area contributed by atoms with Gasteiger partial charge in [-0.25, -0.2) is 0 Å². The van der Waals surface area contributed by atoms with Crippen LogP contribution in [-0.2, 0) is 17.8 Å². The number of primary amides is 1. The van der Waals surface area contributed by atoms with E-state index in [1.165, 1.54) is 5.56 Å². The molecule has 1 aliphatic heterocycles. The van der Waals surface area contributed by atoms with E-state index < -0.39 is 0 Å². The molecule has 6 nitrogen and oxygen atoms in total. The molecule has 2 amide bonds. The lowest BCUT2D eigenvalue weighted by Gasteiger charge is -2.30. The van der Waals surface area contributed by atoms with Crippen molar-refractivity contribution in [2.24, 2.45) is 11.7 Å². The average molecular weight is 458 g/mol. The average Bonchev–Trinajstić information content (AvgIpc) is 2.88. The van der Waals surface area contributed by atoms with Crippen molar-refractivity contribution >= 4 is 17.5 Å². The van der Waals surface area contributed by atoms with Crippen LogP contribution in [0.4, 0.5) is 5.69 Å². The first kappa shape index (κ1) is 23.5. The third kappa shape index (κ3) is 6.68. The number of hydrogen-bond donors (Lipinski definition) is 2. The van der Waals surface area contributed by atoms with Gasteiger partial charge in [-0.1, -0.05) is 48.5 Å². The van der Waals surface area contributed by atoms with Crippen LogP contribution in [0, 0.1) is 5.92 Å². The number of benzene rings is 3. The standard InChI is InChI=1S/C28H31N3O3/c29-27(32)23-14-17-31(18-15-23)16-13-21-9-11-25(12-10-21)30-28(33)24-7-4-8-26(19-24)34-20-22-5-2-1-3-6-22/h1-12,19,23H,13-18,20H2,(H2,29,32)(H,30,33). The minimum Gasteiger partial charge on any atom is -0.489 e. The van der Waals surface area contributed by atoms with Crippen molar-refractivity contribution in [1.29, 1.82) is 0 Å². The summed E-state index contributed by atoms with van der Waals surface area (Å²) in [4.78, 5) is 26.4. The van der Waals surface area contributed by atoms with Gasteiger partial charge >= 0.3 is 0 Å². The van der Waals surface area contributed by atoms with Gasteiger partial charge in [0.1, 0.15) is 12.4 Å². The minimum atomic E-state index is -0.177. The van der Waals surface area contributed by atoms with Gasteiger partial charge in [-0.05, 0) is 73.8 Å².